The van der Waals surface area contributed by atoms with Crippen molar-refractivity contribution >= 4 is 23.1 Å². The van der Waals surface area contributed by atoms with E-state index >= 15 is 0 Å². The molecule has 0 atom stereocenters. The number of aromatic nitrogens is 4. The van der Waals surface area contributed by atoms with Gasteiger partial charge in [-0.05, 0) is 25.0 Å². The van der Waals surface area contributed by atoms with Crippen LogP contribution in [0.1, 0.15) is 12.8 Å². The molecule has 0 saturated carbocycles. The van der Waals surface area contributed by atoms with Crippen molar-refractivity contribution in [3.8, 4) is 11.5 Å². The number of carbonyl (C=O) groups is 1. The molecule has 8 nitrogen and oxygen atoms in total. The summed E-state index contributed by atoms with van der Waals surface area (Å²) in [6.45, 7) is 1.51. The molecule has 0 spiro atoms. The molecule has 112 valence electrons. The smallest absolute Gasteiger partial charge is 0.331 e. The molecule has 1 saturated heterocycles. The Morgan fingerprint density at radius 2 is 2.09 bits per heavy atom. The van der Waals surface area contributed by atoms with Crippen LogP contribution in [0.5, 0.6) is 0 Å². The topological polar surface area (TPSA) is 103 Å². The summed E-state index contributed by atoms with van der Waals surface area (Å²) in [7, 11) is 0. The molecule has 4 heterocycles. The highest BCUT2D eigenvalue weighted by Gasteiger charge is 2.24. The van der Waals surface area contributed by atoms with Crippen LogP contribution in [-0.2, 0) is 0 Å². The zero-order valence-corrected chi connectivity index (χ0v) is 11.8. The van der Waals surface area contributed by atoms with E-state index in [-0.39, 0.29) is 12.0 Å². The molecule has 1 aliphatic heterocycles. The maximum atomic E-state index is 12.6. The van der Waals surface area contributed by atoms with Crippen LogP contribution >= 0.6 is 0 Å². The molecule has 0 radical (unpaired) electrons. The molecule has 1 amide bonds. The Labute approximate surface area is 125 Å². The van der Waals surface area contributed by atoms with E-state index in [1.807, 2.05) is 0 Å². The highest BCUT2D eigenvalue weighted by molar-refractivity contribution is 5.93. The van der Waals surface area contributed by atoms with Crippen molar-refractivity contribution in [2.75, 3.05) is 18.8 Å². The Morgan fingerprint density at radius 1 is 1.27 bits per heavy atom. The van der Waals surface area contributed by atoms with Gasteiger partial charge in [-0.15, -0.1) is 0 Å². The number of hydrogen-bond acceptors (Lipinski definition) is 6. The lowest BCUT2D eigenvalue weighted by Gasteiger charge is -2.15. The number of furan rings is 1. The van der Waals surface area contributed by atoms with Crippen molar-refractivity contribution in [2.24, 2.45) is 0 Å². The van der Waals surface area contributed by atoms with Crippen LogP contribution in [0, 0.1) is 0 Å². The number of nitrogens with two attached hydrogens (primary N) is 1. The average Bonchev–Trinajstić information content (AvgIpc) is 3.26. The lowest BCUT2D eigenvalue weighted by molar-refractivity contribution is 0.211. The molecule has 3 aromatic heterocycles. The summed E-state index contributed by atoms with van der Waals surface area (Å²) >= 11 is 0. The van der Waals surface area contributed by atoms with E-state index in [1.54, 1.807) is 23.3 Å². The zero-order valence-electron chi connectivity index (χ0n) is 11.8. The molecule has 0 aromatic carbocycles. The first-order valence-electron chi connectivity index (χ1n) is 7.08. The summed E-state index contributed by atoms with van der Waals surface area (Å²) in [6.07, 6.45) is 5.05. The highest BCUT2D eigenvalue weighted by atomic mass is 16.3. The molecule has 1 aliphatic rings. The van der Waals surface area contributed by atoms with Crippen LogP contribution in [0.4, 0.5) is 10.7 Å². The van der Waals surface area contributed by atoms with Crippen LogP contribution < -0.4 is 5.73 Å². The predicted octanol–water partition coefficient (Wildman–Crippen LogP) is 1.73. The van der Waals surface area contributed by atoms with E-state index in [2.05, 4.69) is 15.0 Å². The number of likely N-dealkylation sites (tertiary alicyclic amines) is 1. The normalized spacial score (nSPS) is 14.8. The number of carbonyl (C=O) groups excluding carboxylic acids is 1. The number of amides is 1. The fourth-order valence-electron chi connectivity index (χ4n) is 2.70. The van der Waals surface area contributed by atoms with Crippen molar-refractivity contribution in [1.29, 1.82) is 0 Å². The van der Waals surface area contributed by atoms with Gasteiger partial charge in [0.05, 0.1) is 6.26 Å². The van der Waals surface area contributed by atoms with Crippen molar-refractivity contribution in [3.05, 3.63) is 24.7 Å². The number of rotatable bonds is 1. The average molecular weight is 298 g/mol. The minimum atomic E-state index is -0.136. The molecular weight excluding hydrogens is 284 g/mol. The van der Waals surface area contributed by atoms with E-state index in [0.29, 0.717) is 22.6 Å². The second-order valence-electron chi connectivity index (χ2n) is 5.17. The summed E-state index contributed by atoms with van der Waals surface area (Å²) < 4.78 is 6.78. The monoisotopic (exact) mass is 298 g/mol. The molecule has 2 N–H and O–H groups in total. The van der Waals surface area contributed by atoms with E-state index in [1.165, 1.54) is 10.9 Å². The quantitative estimate of drug-likeness (QED) is 0.734. The fourth-order valence-corrected chi connectivity index (χ4v) is 2.70. The van der Waals surface area contributed by atoms with Crippen LogP contribution in [0.15, 0.2) is 29.1 Å². The van der Waals surface area contributed by atoms with Crippen LogP contribution in [0.3, 0.4) is 0 Å². The third-order valence-corrected chi connectivity index (χ3v) is 3.75. The standard InChI is InChI=1S/C14H14N6O2/c15-13-17-10(9-4-3-7-22-9)11-12(18-13)20(8-16-11)14(21)19-5-1-2-6-19/h3-4,7-8H,1-2,5-6H2,(H2,15,17,18). The van der Waals surface area contributed by atoms with Gasteiger partial charge in [0.1, 0.15) is 17.5 Å². The number of nitrogens with zero attached hydrogens (tertiary/aromatic N) is 5. The van der Waals surface area contributed by atoms with Crippen LogP contribution in [-0.4, -0.2) is 43.5 Å². The number of hydrogen-bond donors (Lipinski definition) is 1. The van der Waals surface area contributed by atoms with Crippen molar-refractivity contribution in [1.82, 2.24) is 24.4 Å². The molecule has 8 heteroatoms. The van der Waals surface area contributed by atoms with Crippen molar-refractivity contribution in [3.63, 3.8) is 0 Å². The summed E-state index contributed by atoms with van der Waals surface area (Å²) in [4.78, 5) is 27.0. The van der Waals surface area contributed by atoms with Gasteiger partial charge in [-0.1, -0.05) is 0 Å². The van der Waals surface area contributed by atoms with E-state index in [4.69, 9.17) is 10.2 Å². The zero-order chi connectivity index (χ0) is 15.1. The van der Waals surface area contributed by atoms with Crippen molar-refractivity contribution in [2.45, 2.75) is 12.8 Å². The minimum absolute atomic E-state index is 0.0786. The van der Waals surface area contributed by atoms with E-state index < -0.39 is 0 Å². The fraction of sp³-hybridized carbons (Fsp3) is 0.286. The molecule has 0 unspecified atom stereocenters. The predicted molar refractivity (Wildman–Crippen MR) is 79.0 cm³/mol. The van der Waals surface area contributed by atoms with Gasteiger partial charge in [0.15, 0.2) is 11.4 Å². The third-order valence-electron chi connectivity index (χ3n) is 3.75. The molecule has 3 aromatic rings. The first kappa shape index (κ1) is 12.8. The second kappa shape index (κ2) is 4.83. The lowest BCUT2D eigenvalue weighted by Crippen LogP contribution is -2.31. The minimum Gasteiger partial charge on any atom is -0.463 e. The third kappa shape index (κ3) is 1.92. The van der Waals surface area contributed by atoms with Crippen molar-refractivity contribution < 1.29 is 9.21 Å². The van der Waals surface area contributed by atoms with E-state index in [9.17, 15) is 4.79 Å². The van der Waals surface area contributed by atoms with Crippen LogP contribution in [0.2, 0.25) is 0 Å². The Kier molecular flexibility index (Phi) is 2.81. The Balaban J connectivity index is 1.86. The lowest BCUT2D eigenvalue weighted by atomic mass is 10.3. The molecule has 0 bridgehead atoms. The van der Waals surface area contributed by atoms with Crippen LogP contribution in [0.25, 0.3) is 22.6 Å². The van der Waals surface area contributed by atoms with E-state index in [0.717, 1.165) is 25.9 Å². The molecular formula is C14H14N6O2. The second-order valence-corrected chi connectivity index (χ2v) is 5.17. The summed E-state index contributed by atoms with van der Waals surface area (Å²) in [5.41, 5.74) is 7.16. The first-order valence-corrected chi connectivity index (χ1v) is 7.08. The molecule has 22 heavy (non-hydrogen) atoms. The largest absolute Gasteiger partial charge is 0.463 e. The molecule has 1 fully saturated rings. The van der Waals surface area contributed by atoms with Gasteiger partial charge in [0, 0.05) is 13.1 Å². The summed E-state index contributed by atoms with van der Waals surface area (Å²) in [5.74, 6) is 0.618. The number of imidazole rings is 1. The summed E-state index contributed by atoms with van der Waals surface area (Å²) in [6, 6.07) is 3.39. The molecule has 4 rings (SSSR count). The number of anilines is 1. The summed E-state index contributed by atoms with van der Waals surface area (Å²) in [5, 5.41) is 0. The Hall–Kier alpha value is -2.90. The van der Waals surface area contributed by atoms with Gasteiger partial charge in [0.25, 0.3) is 0 Å². The van der Waals surface area contributed by atoms with Gasteiger partial charge in [-0.3, -0.25) is 0 Å². The molecule has 0 aliphatic carbocycles. The van der Waals surface area contributed by atoms with Gasteiger partial charge in [0.2, 0.25) is 5.95 Å². The number of nitrogen functional groups attached to an aromatic ring is 1. The highest BCUT2D eigenvalue weighted by Crippen LogP contribution is 2.26. The SMILES string of the molecule is Nc1nc(-c2ccco2)c2ncn(C(=O)N3CCCC3)c2n1. The maximum Gasteiger partial charge on any atom is 0.331 e. The number of fused-ring (bicyclic) bond motifs is 1. The van der Waals surface area contributed by atoms with Gasteiger partial charge >= 0.3 is 6.03 Å². The van der Waals surface area contributed by atoms with Gasteiger partial charge in [-0.25, -0.2) is 19.3 Å². The Morgan fingerprint density at radius 3 is 2.82 bits per heavy atom. The Bertz CT molecular complexity index is 833. The maximum absolute atomic E-state index is 12.6. The van der Waals surface area contributed by atoms with Gasteiger partial charge in [-0.2, -0.15) is 4.98 Å². The first-order chi connectivity index (χ1) is 10.7. The van der Waals surface area contributed by atoms with Gasteiger partial charge < -0.3 is 15.1 Å².